The molecular weight excluding hydrogens is 202 g/mol. The fourth-order valence-electron chi connectivity index (χ4n) is 2.54. The minimum atomic E-state index is 0.299. The maximum Gasteiger partial charge on any atom is 0.226 e. The summed E-state index contributed by atoms with van der Waals surface area (Å²) in [5.41, 5.74) is 1.09. The molecule has 1 aromatic rings. The molecule has 3 rings (SSSR count). The number of fused-ring (bicyclic) bond motifs is 1. The maximum absolute atomic E-state index is 11.7. The lowest BCUT2D eigenvalue weighted by Gasteiger charge is -2.17. The molecule has 2 fully saturated rings. The number of nitrogens with zero attached hydrogens (tertiary/aromatic N) is 1. The lowest BCUT2D eigenvalue weighted by Crippen LogP contribution is -2.30. The highest BCUT2D eigenvalue weighted by molar-refractivity contribution is 5.84. The smallest absolute Gasteiger partial charge is 0.226 e. The van der Waals surface area contributed by atoms with Crippen LogP contribution in [0.3, 0.4) is 0 Å². The Morgan fingerprint density at radius 2 is 2.31 bits per heavy atom. The Bertz CT molecular complexity index is 430. The quantitative estimate of drug-likeness (QED) is 0.831. The number of phenols is 1. The number of aromatic hydroxyl groups is 1. The van der Waals surface area contributed by atoms with E-state index in [2.05, 4.69) is 0 Å². The number of carbonyl (C=O) groups is 1. The van der Waals surface area contributed by atoms with E-state index in [1.54, 1.807) is 12.1 Å². The van der Waals surface area contributed by atoms with Gasteiger partial charge in [-0.05, 0) is 36.5 Å². The van der Waals surface area contributed by atoms with E-state index in [1.807, 2.05) is 17.0 Å². The second kappa shape index (κ2) is 3.51. The van der Waals surface area contributed by atoms with Gasteiger partial charge in [0.25, 0.3) is 0 Å². The first-order valence-corrected chi connectivity index (χ1v) is 5.81. The first kappa shape index (κ1) is 9.70. The van der Waals surface area contributed by atoms with Crippen LogP contribution < -0.4 is 0 Å². The molecule has 16 heavy (non-hydrogen) atoms. The summed E-state index contributed by atoms with van der Waals surface area (Å²) in [6.45, 7) is 1.73. The number of phenolic OH excluding ortho intramolecular Hbond substituents is 1. The summed E-state index contributed by atoms with van der Waals surface area (Å²) in [6.07, 6.45) is 1.95. The molecule has 0 radical (unpaired) electrons. The molecule has 3 nitrogen and oxygen atoms in total. The summed E-state index contributed by atoms with van der Waals surface area (Å²) in [6, 6.07) is 7.26. The van der Waals surface area contributed by atoms with E-state index in [4.69, 9.17) is 0 Å². The van der Waals surface area contributed by atoms with Gasteiger partial charge in [0.05, 0.1) is 0 Å². The Labute approximate surface area is 94.7 Å². The van der Waals surface area contributed by atoms with Gasteiger partial charge in [0, 0.05) is 19.0 Å². The van der Waals surface area contributed by atoms with E-state index < -0.39 is 0 Å². The molecule has 1 N–H and O–H groups in total. The van der Waals surface area contributed by atoms with Crippen LogP contribution in [-0.2, 0) is 11.2 Å². The number of likely N-dealkylation sites (tertiary alicyclic amines) is 1. The van der Waals surface area contributed by atoms with Crippen molar-refractivity contribution in [2.45, 2.75) is 12.8 Å². The average molecular weight is 217 g/mol. The number of hydrogen-bond acceptors (Lipinski definition) is 2. The summed E-state index contributed by atoms with van der Waals surface area (Å²) < 4.78 is 0. The third kappa shape index (κ3) is 1.66. The minimum Gasteiger partial charge on any atom is -0.508 e. The van der Waals surface area contributed by atoms with Gasteiger partial charge in [-0.3, -0.25) is 4.79 Å². The Kier molecular flexibility index (Phi) is 2.13. The summed E-state index contributed by atoms with van der Waals surface area (Å²) in [5, 5.41) is 9.33. The molecule has 0 aromatic heterocycles. The van der Waals surface area contributed by atoms with Gasteiger partial charge in [-0.2, -0.15) is 0 Å². The molecular formula is C13H15NO2. The Morgan fingerprint density at radius 1 is 1.44 bits per heavy atom. The summed E-state index contributed by atoms with van der Waals surface area (Å²) in [4.78, 5) is 13.7. The fourth-order valence-corrected chi connectivity index (χ4v) is 2.54. The van der Waals surface area contributed by atoms with E-state index in [0.29, 0.717) is 23.5 Å². The Hall–Kier alpha value is -1.51. The maximum atomic E-state index is 11.7. The van der Waals surface area contributed by atoms with Gasteiger partial charge in [-0.25, -0.2) is 0 Å². The van der Waals surface area contributed by atoms with Crippen LogP contribution in [0.4, 0.5) is 0 Å². The van der Waals surface area contributed by atoms with Gasteiger partial charge >= 0.3 is 0 Å². The molecule has 0 spiro atoms. The van der Waals surface area contributed by atoms with Crippen molar-refractivity contribution in [3.8, 4) is 5.75 Å². The van der Waals surface area contributed by atoms with Gasteiger partial charge < -0.3 is 10.0 Å². The largest absolute Gasteiger partial charge is 0.508 e. The molecule has 1 heterocycles. The predicted octanol–water partition coefficient (Wildman–Crippen LogP) is 1.41. The molecule has 84 valence electrons. The second-order valence-corrected chi connectivity index (χ2v) is 4.81. The van der Waals surface area contributed by atoms with E-state index in [9.17, 15) is 9.90 Å². The van der Waals surface area contributed by atoms with Crippen LogP contribution in [0, 0.1) is 11.8 Å². The van der Waals surface area contributed by atoms with E-state index in [-0.39, 0.29) is 0 Å². The van der Waals surface area contributed by atoms with Crippen molar-refractivity contribution < 1.29 is 9.90 Å². The van der Waals surface area contributed by atoms with Crippen LogP contribution >= 0.6 is 0 Å². The summed E-state index contributed by atoms with van der Waals surface area (Å²) in [7, 11) is 0. The third-order valence-electron chi connectivity index (χ3n) is 3.59. The molecule has 1 amide bonds. The predicted molar refractivity (Wildman–Crippen MR) is 60.0 cm³/mol. The van der Waals surface area contributed by atoms with Crippen LogP contribution in [0.1, 0.15) is 12.0 Å². The molecule has 1 saturated heterocycles. The monoisotopic (exact) mass is 217 g/mol. The second-order valence-electron chi connectivity index (χ2n) is 4.81. The number of hydrogen-bond donors (Lipinski definition) is 1. The fraction of sp³-hybridized carbons (Fsp3) is 0.462. The van der Waals surface area contributed by atoms with Crippen molar-refractivity contribution in [3.05, 3.63) is 29.8 Å². The van der Waals surface area contributed by atoms with Gasteiger partial charge in [-0.15, -0.1) is 0 Å². The topological polar surface area (TPSA) is 40.5 Å². The van der Waals surface area contributed by atoms with E-state index >= 15 is 0 Å². The van der Waals surface area contributed by atoms with Gasteiger partial charge in [-0.1, -0.05) is 12.1 Å². The number of rotatable bonds is 3. The molecule has 2 aliphatic rings. The lowest BCUT2D eigenvalue weighted by molar-refractivity contribution is -0.129. The number of carbonyl (C=O) groups excluding carboxylic acids is 1. The highest BCUT2D eigenvalue weighted by atomic mass is 16.3. The molecule has 3 heteroatoms. The normalized spacial score (nSPS) is 27.0. The molecule has 1 aliphatic heterocycles. The Balaban J connectivity index is 1.59. The van der Waals surface area contributed by atoms with Crippen molar-refractivity contribution in [2.24, 2.45) is 11.8 Å². The van der Waals surface area contributed by atoms with Crippen molar-refractivity contribution in [1.29, 1.82) is 0 Å². The number of amides is 1. The van der Waals surface area contributed by atoms with Crippen molar-refractivity contribution in [3.63, 3.8) is 0 Å². The first-order chi connectivity index (χ1) is 7.74. The minimum absolute atomic E-state index is 0.299. The number of benzene rings is 1. The molecule has 1 saturated carbocycles. The van der Waals surface area contributed by atoms with Gasteiger partial charge in [0.2, 0.25) is 5.91 Å². The van der Waals surface area contributed by atoms with Crippen LogP contribution in [0.15, 0.2) is 24.3 Å². The average Bonchev–Trinajstić information content (AvgIpc) is 2.96. The van der Waals surface area contributed by atoms with E-state index in [1.165, 1.54) is 0 Å². The highest BCUT2D eigenvalue weighted by Gasteiger charge is 2.51. The molecule has 2 atom stereocenters. The zero-order valence-electron chi connectivity index (χ0n) is 9.10. The van der Waals surface area contributed by atoms with Gasteiger partial charge in [0.1, 0.15) is 5.75 Å². The Morgan fingerprint density at radius 3 is 3.00 bits per heavy atom. The SMILES string of the molecule is O=C1C2CC2CN1CCc1cccc(O)c1. The van der Waals surface area contributed by atoms with Crippen molar-refractivity contribution >= 4 is 5.91 Å². The van der Waals surface area contributed by atoms with Crippen LogP contribution in [-0.4, -0.2) is 29.0 Å². The van der Waals surface area contributed by atoms with Crippen molar-refractivity contribution in [1.82, 2.24) is 4.90 Å². The standard InChI is InChI=1S/C13H15NO2/c15-11-3-1-2-9(6-11)4-5-14-8-10-7-12(10)13(14)16/h1-3,6,10,12,15H,4-5,7-8H2. The van der Waals surface area contributed by atoms with Crippen LogP contribution in [0.2, 0.25) is 0 Å². The summed E-state index contributed by atoms with van der Waals surface area (Å²) in [5.74, 6) is 1.64. The number of piperidine rings is 1. The highest BCUT2D eigenvalue weighted by Crippen LogP contribution is 2.45. The van der Waals surface area contributed by atoms with Crippen LogP contribution in [0.25, 0.3) is 0 Å². The van der Waals surface area contributed by atoms with Gasteiger partial charge in [0.15, 0.2) is 0 Å². The van der Waals surface area contributed by atoms with Crippen molar-refractivity contribution in [2.75, 3.05) is 13.1 Å². The third-order valence-corrected chi connectivity index (χ3v) is 3.59. The summed E-state index contributed by atoms with van der Waals surface area (Å²) >= 11 is 0. The van der Waals surface area contributed by atoms with Crippen LogP contribution in [0.5, 0.6) is 5.75 Å². The van der Waals surface area contributed by atoms with E-state index in [0.717, 1.165) is 31.5 Å². The molecule has 0 bridgehead atoms. The first-order valence-electron chi connectivity index (χ1n) is 5.81. The zero-order chi connectivity index (χ0) is 11.1. The molecule has 1 aliphatic carbocycles. The zero-order valence-corrected chi connectivity index (χ0v) is 9.10. The molecule has 2 unspecified atom stereocenters. The lowest BCUT2D eigenvalue weighted by atomic mass is 10.1. The molecule has 1 aromatic carbocycles.